The van der Waals surface area contributed by atoms with Gasteiger partial charge in [0.15, 0.2) is 18.2 Å². The van der Waals surface area contributed by atoms with Gasteiger partial charge in [0.1, 0.15) is 11.9 Å². The smallest absolute Gasteiger partial charge is 0.261 e. The average molecular weight is 362 g/mol. The number of halogens is 2. The highest BCUT2D eigenvalue weighted by Gasteiger charge is 2.26. The molecule has 0 saturated carbocycles. The first kappa shape index (κ1) is 19.4. The van der Waals surface area contributed by atoms with E-state index in [0.29, 0.717) is 0 Å². The van der Waals surface area contributed by atoms with Crippen molar-refractivity contribution in [1.29, 1.82) is 0 Å². The molecule has 0 unspecified atom stereocenters. The van der Waals surface area contributed by atoms with Gasteiger partial charge in [-0.3, -0.25) is 9.59 Å². The van der Waals surface area contributed by atoms with E-state index in [9.17, 15) is 18.4 Å². The molecular weight excluding hydrogens is 342 g/mol. The Hall–Kier alpha value is -2.96. The fourth-order valence-electron chi connectivity index (χ4n) is 2.39. The number of hydrogen-bond donors (Lipinski definition) is 1. The van der Waals surface area contributed by atoms with Crippen molar-refractivity contribution in [3.63, 3.8) is 0 Å². The van der Waals surface area contributed by atoms with Gasteiger partial charge in [0, 0.05) is 19.2 Å². The zero-order valence-electron chi connectivity index (χ0n) is 14.5. The molecule has 0 bridgehead atoms. The highest BCUT2D eigenvalue weighted by atomic mass is 19.1. The molecule has 1 N–H and O–H groups in total. The molecule has 26 heavy (non-hydrogen) atoms. The van der Waals surface area contributed by atoms with Gasteiger partial charge in [-0.25, -0.2) is 8.78 Å². The van der Waals surface area contributed by atoms with E-state index in [1.54, 1.807) is 12.1 Å². The second kappa shape index (κ2) is 8.94. The molecule has 7 heteroatoms. The third-order valence-electron chi connectivity index (χ3n) is 3.90. The van der Waals surface area contributed by atoms with E-state index in [-0.39, 0.29) is 17.9 Å². The molecule has 0 aliphatic carbocycles. The number of amides is 2. The van der Waals surface area contributed by atoms with Crippen molar-refractivity contribution in [2.45, 2.75) is 19.5 Å². The standard InChI is InChI=1S/C19H20F2N2O3/c1-13(19(25)22-2)23(11-14-7-3-4-8-15(14)20)18(24)12-26-17-10-6-5-9-16(17)21/h3-10,13H,11-12H2,1-2H3,(H,22,25)/t13-/m1/s1. The van der Waals surface area contributed by atoms with Gasteiger partial charge in [0.2, 0.25) is 5.91 Å². The lowest BCUT2D eigenvalue weighted by molar-refractivity contribution is -0.142. The molecular formula is C19H20F2N2O3. The third kappa shape index (κ3) is 4.78. The summed E-state index contributed by atoms with van der Waals surface area (Å²) in [6.45, 7) is 0.943. The summed E-state index contributed by atoms with van der Waals surface area (Å²) in [7, 11) is 1.44. The van der Waals surface area contributed by atoms with E-state index in [1.807, 2.05) is 0 Å². The Bertz CT molecular complexity index is 783. The Morgan fingerprint density at radius 3 is 2.31 bits per heavy atom. The van der Waals surface area contributed by atoms with E-state index in [4.69, 9.17) is 4.74 Å². The minimum atomic E-state index is -0.851. The largest absolute Gasteiger partial charge is 0.481 e. The Balaban J connectivity index is 2.17. The van der Waals surface area contributed by atoms with Crippen molar-refractivity contribution >= 4 is 11.8 Å². The van der Waals surface area contributed by atoms with E-state index < -0.39 is 36.1 Å². The summed E-state index contributed by atoms with van der Waals surface area (Å²) in [5.41, 5.74) is 0.266. The number of carbonyl (C=O) groups excluding carboxylic acids is 2. The summed E-state index contributed by atoms with van der Waals surface area (Å²) in [4.78, 5) is 25.7. The van der Waals surface area contributed by atoms with Gasteiger partial charge < -0.3 is 15.0 Å². The molecule has 2 aromatic carbocycles. The highest BCUT2D eigenvalue weighted by molar-refractivity contribution is 5.87. The van der Waals surface area contributed by atoms with Crippen LogP contribution in [0.2, 0.25) is 0 Å². The number of nitrogens with one attached hydrogen (secondary N) is 1. The third-order valence-corrected chi connectivity index (χ3v) is 3.90. The molecule has 0 fully saturated rings. The number of carbonyl (C=O) groups is 2. The van der Waals surface area contributed by atoms with Crippen LogP contribution in [0.15, 0.2) is 48.5 Å². The van der Waals surface area contributed by atoms with Gasteiger partial charge in [-0.1, -0.05) is 30.3 Å². The van der Waals surface area contributed by atoms with Crippen LogP contribution in [0.4, 0.5) is 8.78 Å². The van der Waals surface area contributed by atoms with Gasteiger partial charge in [-0.05, 0) is 25.1 Å². The molecule has 0 heterocycles. The number of rotatable bonds is 7. The topological polar surface area (TPSA) is 58.6 Å². The van der Waals surface area contributed by atoms with Gasteiger partial charge in [-0.15, -0.1) is 0 Å². The van der Waals surface area contributed by atoms with Gasteiger partial charge in [0.25, 0.3) is 5.91 Å². The Morgan fingerprint density at radius 1 is 1.08 bits per heavy atom. The molecule has 0 aliphatic heterocycles. The first-order valence-corrected chi connectivity index (χ1v) is 8.05. The lowest BCUT2D eigenvalue weighted by Crippen LogP contribution is -2.48. The van der Waals surface area contributed by atoms with Crippen molar-refractivity contribution in [3.8, 4) is 5.75 Å². The number of ether oxygens (including phenoxy) is 1. The van der Waals surface area contributed by atoms with E-state index in [0.717, 1.165) is 0 Å². The van der Waals surface area contributed by atoms with E-state index in [1.165, 1.54) is 55.3 Å². The number of likely N-dealkylation sites (N-methyl/N-ethyl adjacent to an activating group) is 1. The lowest BCUT2D eigenvalue weighted by atomic mass is 10.1. The molecule has 5 nitrogen and oxygen atoms in total. The van der Waals surface area contributed by atoms with Crippen LogP contribution >= 0.6 is 0 Å². The summed E-state index contributed by atoms with van der Waals surface area (Å²) in [5, 5.41) is 2.46. The monoisotopic (exact) mass is 362 g/mol. The Labute approximate surface area is 150 Å². The summed E-state index contributed by atoms with van der Waals surface area (Å²) in [6, 6.07) is 10.8. The Morgan fingerprint density at radius 2 is 1.69 bits per heavy atom. The SMILES string of the molecule is CNC(=O)[C@@H](C)N(Cc1ccccc1F)C(=O)COc1ccccc1F. The zero-order chi connectivity index (χ0) is 19.1. The molecule has 2 rings (SSSR count). The lowest BCUT2D eigenvalue weighted by Gasteiger charge is -2.28. The normalized spacial score (nSPS) is 11.5. The maximum absolute atomic E-state index is 13.9. The number of para-hydroxylation sites is 1. The van der Waals surface area contributed by atoms with Gasteiger partial charge >= 0.3 is 0 Å². The minimum Gasteiger partial charge on any atom is -0.481 e. The van der Waals surface area contributed by atoms with Crippen LogP contribution in [0.1, 0.15) is 12.5 Å². The number of nitrogens with zero attached hydrogens (tertiary/aromatic N) is 1. The second-order valence-electron chi connectivity index (χ2n) is 5.62. The quantitative estimate of drug-likeness (QED) is 0.823. The summed E-state index contributed by atoms with van der Waals surface area (Å²) >= 11 is 0. The van der Waals surface area contributed by atoms with Gasteiger partial charge in [-0.2, -0.15) is 0 Å². The zero-order valence-corrected chi connectivity index (χ0v) is 14.5. The fourth-order valence-corrected chi connectivity index (χ4v) is 2.39. The summed E-state index contributed by atoms with van der Waals surface area (Å²) in [6.07, 6.45) is 0. The van der Waals surface area contributed by atoms with Crippen LogP contribution < -0.4 is 10.1 Å². The maximum atomic E-state index is 13.9. The fraction of sp³-hybridized carbons (Fsp3) is 0.263. The Kier molecular flexibility index (Phi) is 6.66. The maximum Gasteiger partial charge on any atom is 0.261 e. The van der Waals surface area contributed by atoms with Crippen molar-refractivity contribution in [3.05, 3.63) is 65.7 Å². The van der Waals surface area contributed by atoms with E-state index >= 15 is 0 Å². The van der Waals surface area contributed by atoms with Gasteiger partial charge in [0.05, 0.1) is 0 Å². The van der Waals surface area contributed by atoms with Crippen molar-refractivity contribution in [1.82, 2.24) is 10.2 Å². The average Bonchev–Trinajstić information content (AvgIpc) is 2.65. The molecule has 138 valence electrons. The van der Waals surface area contributed by atoms with Crippen LogP contribution in [-0.2, 0) is 16.1 Å². The number of hydrogen-bond acceptors (Lipinski definition) is 3. The number of benzene rings is 2. The molecule has 1 atom stereocenters. The first-order valence-electron chi connectivity index (χ1n) is 8.05. The van der Waals surface area contributed by atoms with Crippen LogP contribution in [0.5, 0.6) is 5.75 Å². The van der Waals surface area contributed by atoms with Crippen LogP contribution in [0, 0.1) is 11.6 Å². The second-order valence-corrected chi connectivity index (χ2v) is 5.62. The van der Waals surface area contributed by atoms with Crippen LogP contribution in [0.3, 0.4) is 0 Å². The van der Waals surface area contributed by atoms with Crippen molar-refractivity contribution < 1.29 is 23.1 Å². The molecule has 0 saturated heterocycles. The van der Waals surface area contributed by atoms with Crippen LogP contribution in [-0.4, -0.2) is 36.4 Å². The molecule has 0 spiro atoms. The van der Waals surface area contributed by atoms with Crippen molar-refractivity contribution in [2.24, 2.45) is 0 Å². The minimum absolute atomic E-state index is 0.0701. The van der Waals surface area contributed by atoms with E-state index in [2.05, 4.69) is 5.32 Å². The molecule has 0 aliphatic rings. The molecule has 0 radical (unpaired) electrons. The predicted octanol–water partition coefficient (Wildman–Crippen LogP) is 2.51. The molecule has 0 aromatic heterocycles. The first-order chi connectivity index (χ1) is 12.4. The predicted molar refractivity (Wildman–Crippen MR) is 92.4 cm³/mol. The molecule has 2 aromatic rings. The summed E-state index contributed by atoms with van der Waals surface area (Å²) in [5.74, 6) is -2.11. The van der Waals surface area contributed by atoms with Crippen molar-refractivity contribution in [2.75, 3.05) is 13.7 Å². The molecule has 2 amide bonds. The highest BCUT2D eigenvalue weighted by Crippen LogP contribution is 2.17. The summed E-state index contributed by atoms with van der Waals surface area (Å²) < 4.78 is 32.8. The van der Waals surface area contributed by atoms with Crippen LogP contribution in [0.25, 0.3) is 0 Å².